The van der Waals surface area contributed by atoms with Gasteiger partial charge in [0.1, 0.15) is 0 Å². The summed E-state index contributed by atoms with van der Waals surface area (Å²) in [6, 6.07) is 1.80. The van der Waals surface area contributed by atoms with Gasteiger partial charge in [0.25, 0.3) is 0 Å². The zero-order valence-electron chi connectivity index (χ0n) is 5.83. The Morgan fingerprint density at radius 2 is 2.18 bits per heavy atom. The number of nitrogens with zero attached hydrogens (tertiary/aromatic N) is 1. The van der Waals surface area contributed by atoms with Crippen LogP contribution in [0.2, 0.25) is 0 Å². The Labute approximate surface area is 65.0 Å². The van der Waals surface area contributed by atoms with Gasteiger partial charge in [-0.05, 0) is 18.8 Å². The molecule has 11 heavy (non-hydrogen) atoms. The lowest BCUT2D eigenvalue weighted by molar-refractivity contribution is 0.531. The molecule has 1 unspecified atom stereocenters. The molecule has 1 aliphatic rings. The van der Waals surface area contributed by atoms with Crippen LogP contribution in [0.3, 0.4) is 0 Å². The van der Waals surface area contributed by atoms with Gasteiger partial charge in [0.15, 0.2) is 0 Å². The molecule has 0 aromatic carbocycles. The molecule has 0 saturated heterocycles. The average molecular weight is 177 g/mol. The van der Waals surface area contributed by atoms with Gasteiger partial charge in [0, 0.05) is 0 Å². The number of nitriles is 1. The Hall–Kier alpha value is -0.630. The van der Waals surface area contributed by atoms with Crippen LogP contribution in [0.15, 0.2) is 0 Å². The number of hydrogen-bond acceptors (Lipinski definition) is 3. The molecule has 1 fully saturated rings. The summed E-state index contributed by atoms with van der Waals surface area (Å²) >= 11 is 0. The summed E-state index contributed by atoms with van der Waals surface area (Å²) in [5.74, 6) is -1.15. The van der Waals surface area contributed by atoms with Crippen LogP contribution < -0.4 is 0 Å². The van der Waals surface area contributed by atoms with Gasteiger partial charge in [-0.25, -0.2) is 0 Å². The molecule has 1 atom stereocenters. The Balaban J connectivity index is 2.52. The Kier molecular flexibility index (Phi) is 2.14. The molecule has 1 rings (SSSR count). The van der Waals surface area contributed by atoms with Crippen molar-refractivity contribution in [2.45, 2.75) is 12.8 Å². The fourth-order valence-electron chi connectivity index (χ4n) is 0.992. The van der Waals surface area contributed by atoms with Gasteiger partial charge in [-0.3, -0.25) is 0 Å². The van der Waals surface area contributed by atoms with Crippen molar-refractivity contribution in [2.24, 2.45) is 11.8 Å². The Morgan fingerprint density at radius 3 is 2.45 bits per heavy atom. The third kappa shape index (κ3) is 2.85. The lowest BCUT2D eigenvalue weighted by atomic mass is 10.1. The third-order valence-electron chi connectivity index (χ3n) is 1.74. The Bertz CT molecular complexity index is 275. The van der Waals surface area contributed by atoms with Gasteiger partial charge in [0.2, 0.25) is 0 Å². The van der Waals surface area contributed by atoms with Crippen molar-refractivity contribution in [3.8, 4) is 6.07 Å². The molecule has 0 amide bonds. The van der Waals surface area contributed by atoms with Crippen LogP contribution in [0.4, 0.5) is 3.89 Å². The zero-order chi connectivity index (χ0) is 8.48. The minimum Gasteiger partial charge on any atom is -0.198 e. The maximum Gasteiger partial charge on any atom is 0.303 e. The Morgan fingerprint density at radius 1 is 1.64 bits per heavy atom. The first-order valence-corrected chi connectivity index (χ1v) is 4.90. The van der Waals surface area contributed by atoms with E-state index in [9.17, 15) is 12.3 Å². The van der Waals surface area contributed by atoms with Crippen molar-refractivity contribution >= 4 is 10.2 Å². The molecule has 1 saturated carbocycles. The topological polar surface area (TPSA) is 57.9 Å². The monoisotopic (exact) mass is 177 g/mol. The highest BCUT2D eigenvalue weighted by Gasteiger charge is 2.34. The maximum atomic E-state index is 12.0. The minimum absolute atomic E-state index is 0.116. The van der Waals surface area contributed by atoms with Crippen LogP contribution in [0.5, 0.6) is 0 Å². The summed E-state index contributed by atoms with van der Waals surface area (Å²) in [6.45, 7) is 0. The normalized spacial score (nSPS) is 20.7. The summed E-state index contributed by atoms with van der Waals surface area (Å²) in [5.41, 5.74) is 0. The van der Waals surface area contributed by atoms with Crippen molar-refractivity contribution in [1.82, 2.24) is 0 Å². The van der Waals surface area contributed by atoms with E-state index in [1.807, 2.05) is 0 Å². The largest absolute Gasteiger partial charge is 0.303 e. The minimum atomic E-state index is -4.46. The highest BCUT2D eigenvalue weighted by atomic mass is 32.3. The first-order valence-electron chi connectivity index (χ1n) is 3.35. The van der Waals surface area contributed by atoms with E-state index in [1.54, 1.807) is 6.07 Å². The average Bonchev–Trinajstić information content (AvgIpc) is 2.61. The molecule has 3 nitrogen and oxygen atoms in total. The van der Waals surface area contributed by atoms with Crippen molar-refractivity contribution < 1.29 is 12.3 Å². The molecule has 62 valence electrons. The first-order chi connectivity index (χ1) is 5.03. The first kappa shape index (κ1) is 8.47. The van der Waals surface area contributed by atoms with E-state index in [2.05, 4.69) is 0 Å². The van der Waals surface area contributed by atoms with E-state index < -0.39 is 21.9 Å². The molecule has 1 aliphatic carbocycles. The van der Waals surface area contributed by atoms with Crippen LogP contribution in [-0.2, 0) is 10.2 Å². The molecule has 0 radical (unpaired) electrons. The summed E-state index contributed by atoms with van der Waals surface area (Å²) in [4.78, 5) is 0. The second-order valence-electron chi connectivity index (χ2n) is 2.78. The molecule has 0 aliphatic heterocycles. The van der Waals surface area contributed by atoms with Crippen LogP contribution in [0.25, 0.3) is 0 Å². The zero-order valence-corrected chi connectivity index (χ0v) is 6.64. The maximum absolute atomic E-state index is 12.0. The lowest BCUT2D eigenvalue weighted by Crippen LogP contribution is -2.12. The molecular weight excluding hydrogens is 169 g/mol. The quantitative estimate of drug-likeness (QED) is 0.600. The van der Waals surface area contributed by atoms with Crippen molar-refractivity contribution in [3.05, 3.63) is 0 Å². The van der Waals surface area contributed by atoms with Gasteiger partial charge >= 0.3 is 10.2 Å². The fraction of sp³-hybridized carbons (Fsp3) is 0.833. The molecule has 0 spiro atoms. The van der Waals surface area contributed by atoms with E-state index in [1.165, 1.54) is 0 Å². The van der Waals surface area contributed by atoms with Gasteiger partial charge in [-0.2, -0.15) is 13.7 Å². The van der Waals surface area contributed by atoms with E-state index >= 15 is 0 Å². The van der Waals surface area contributed by atoms with Crippen LogP contribution in [0, 0.1) is 23.2 Å². The van der Waals surface area contributed by atoms with Crippen LogP contribution in [0.1, 0.15) is 12.8 Å². The van der Waals surface area contributed by atoms with Crippen molar-refractivity contribution in [1.29, 1.82) is 5.26 Å². The SMILES string of the molecule is N#CC(CS(=O)(=O)F)C1CC1. The smallest absolute Gasteiger partial charge is 0.198 e. The summed E-state index contributed by atoms with van der Waals surface area (Å²) < 4.78 is 32.3. The molecule has 0 bridgehead atoms. The van der Waals surface area contributed by atoms with E-state index in [0.29, 0.717) is 0 Å². The van der Waals surface area contributed by atoms with Crippen molar-refractivity contribution in [3.63, 3.8) is 0 Å². The predicted octanol–water partition coefficient (Wildman–Crippen LogP) is 0.835. The van der Waals surface area contributed by atoms with Crippen LogP contribution in [-0.4, -0.2) is 14.2 Å². The van der Waals surface area contributed by atoms with E-state index in [0.717, 1.165) is 12.8 Å². The number of rotatable bonds is 3. The van der Waals surface area contributed by atoms with E-state index in [4.69, 9.17) is 5.26 Å². The number of halogens is 1. The van der Waals surface area contributed by atoms with E-state index in [-0.39, 0.29) is 5.92 Å². The number of hydrogen-bond donors (Lipinski definition) is 0. The highest BCUT2D eigenvalue weighted by Crippen LogP contribution is 2.37. The highest BCUT2D eigenvalue weighted by molar-refractivity contribution is 7.86. The molecule has 0 aromatic heterocycles. The molecular formula is C6H8FNO2S. The lowest BCUT2D eigenvalue weighted by Gasteiger charge is -2.00. The second kappa shape index (κ2) is 2.78. The molecule has 0 heterocycles. The fourth-order valence-corrected chi connectivity index (χ4v) is 1.77. The second-order valence-corrected chi connectivity index (χ2v) is 4.19. The molecule has 0 N–H and O–H groups in total. The van der Waals surface area contributed by atoms with Crippen molar-refractivity contribution in [2.75, 3.05) is 5.75 Å². The summed E-state index contributed by atoms with van der Waals surface area (Å²) in [6.07, 6.45) is 1.71. The summed E-state index contributed by atoms with van der Waals surface area (Å²) in [7, 11) is -4.46. The predicted molar refractivity (Wildman–Crippen MR) is 36.7 cm³/mol. The van der Waals surface area contributed by atoms with Crippen LogP contribution >= 0.6 is 0 Å². The third-order valence-corrected chi connectivity index (χ3v) is 2.49. The standard InChI is InChI=1S/C6H8FNO2S/c7-11(9,10)4-6(3-8)5-1-2-5/h5-6H,1-2,4H2. The summed E-state index contributed by atoms with van der Waals surface area (Å²) in [5, 5.41) is 8.42. The van der Waals surface area contributed by atoms with Gasteiger partial charge < -0.3 is 0 Å². The van der Waals surface area contributed by atoms with Gasteiger partial charge in [-0.15, -0.1) is 3.89 Å². The molecule has 5 heteroatoms. The molecule has 0 aromatic rings. The van der Waals surface area contributed by atoms with Gasteiger partial charge in [-0.1, -0.05) is 0 Å². The van der Waals surface area contributed by atoms with Gasteiger partial charge in [0.05, 0.1) is 17.7 Å².